The molecule has 25 heavy (non-hydrogen) atoms. The number of hydrogen-bond donors (Lipinski definition) is 2. The van der Waals surface area contributed by atoms with E-state index >= 15 is 0 Å². The van der Waals surface area contributed by atoms with Gasteiger partial charge in [0.1, 0.15) is 5.82 Å². The highest BCUT2D eigenvalue weighted by Crippen LogP contribution is 2.26. The minimum absolute atomic E-state index is 0.108. The van der Waals surface area contributed by atoms with E-state index < -0.39 is 0 Å². The first-order valence-corrected chi connectivity index (χ1v) is 9.09. The summed E-state index contributed by atoms with van der Waals surface area (Å²) in [5, 5.41) is 14.5. The molecule has 6 heteroatoms. The third-order valence-electron chi connectivity index (χ3n) is 3.75. The van der Waals surface area contributed by atoms with E-state index in [2.05, 4.69) is 31.4 Å². The Morgan fingerprint density at radius 1 is 1.20 bits per heavy atom. The Bertz CT molecular complexity index is 832. The molecule has 0 aliphatic rings. The fourth-order valence-electron chi connectivity index (χ4n) is 2.34. The quantitative estimate of drug-likeness (QED) is 0.722. The zero-order valence-electron chi connectivity index (χ0n) is 14.6. The molecule has 2 amide bonds. The molecule has 5 nitrogen and oxygen atoms in total. The van der Waals surface area contributed by atoms with Crippen molar-refractivity contribution in [2.75, 3.05) is 5.32 Å². The first-order valence-electron chi connectivity index (χ1n) is 8.15. The normalized spacial score (nSPS) is 11.3. The highest BCUT2D eigenvalue weighted by molar-refractivity contribution is 7.07. The molecular formula is C19H22N4OS. The van der Waals surface area contributed by atoms with Gasteiger partial charge in [-0.3, -0.25) is 5.32 Å². The van der Waals surface area contributed by atoms with Crippen LogP contribution in [0.2, 0.25) is 0 Å². The number of benzene rings is 1. The molecular weight excluding hydrogens is 332 g/mol. The third kappa shape index (κ3) is 4.28. The van der Waals surface area contributed by atoms with Crippen LogP contribution in [0.3, 0.4) is 0 Å². The lowest BCUT2D eigenvalue weighted by Gasteiger charge is -2.14. The summed E-state index contributed by atoms with van der Waals surface area (Å²) in [5.41, 5.74) is 2.81. The van der Waals surface area contributed by atoms with Crippen LogP contribution in [0.4, 0.5) is 10.6 Å². The number of aromatic nitrogens is 2. The molecule has 0 radical (unpaired) electrons. The number of carbonyl (C=O) groups excluding carboxylic acids is 1. The summed E-state index contributed by atoms with van der Waals surface area (Å²) < 4.78 is 1.77. The molecule has 0 unspecified atom stereocenters. The third-order valence-corrected chi connectivity index (χ3v) is 4.49. The summed E-state index contributed by atoms with van der Waals surface area (Å²) in [4.78, 5) is 12.3. The van der Waals surface area contributed by atoms with Crippen molar-refractivity contribution in [2.24, 2.45) is 0 Å². The molecule has 2 aromatic heterocycles. The molecule has 2 heterocycles. The van der Waals surface area contributed by atoms with Crippen LogP contribution in [0.5, 0.6) is 0 Å². The molecule has 0 saturated heterocycles. The molecule has 0 atom stereocenters. The van der Waals surface area contributed by atoms with Crippen molar-refractivity contribution < 1.29 is 4.79 Å². The van der Waals surface area contributed by atoms with Gasteiger partial charge >= 0.3 is 6.03 Å². The molecule has 2 N–H and O–H groups in total. The SMILES string of the molecule is CC(C)(C)c1cc(NC(=O)NCc2ccsc2)n(-c2ccccc2)n1. The van der Waals surface area contributed by atoms with Crippen LogP contribution < -0.4 is 10.6 Å². The van der Waals surface area contributed by atoms with Gasteiger partial charge in [0, 0.05) is 18.0 Å². The van der Waals surface area contributed by atoms with Gasteiger partial charge in [-0.1, -0.05) is 39.0 Å². The molecule has 0 aliphatic carbocycles. The molecule has 0 fully saturated rings. The number of amides is 2. The minimum atomic E-state index is -0.247. The Labute approximate surface area is 151 Å². The molecule has 0 aliphatic heterocycles. The monoisotopic (exact) mass is 354 g/mol. The second-order valence-electron chi connectivity index (χ2n) is 6.85. The molecule has 3 rings (SSSR count). The standard InChI is InChI=1S/C19H22N4OS/c1-19(2,3)16-11-17(23(22-16)15-7-5-4-6-8-15)21-18(24)20-12-14-9-10-25-13-14/h4-11,13H,12H2,1-3H3,(H2,20,21,24). The Morgan fingerprint density at radius 2 is 1.96 bits per heavy atom. The molecule has 0 bridgehead atoms. The summed E-state index contributed by atoms with van der Waals surface area (Å²) in [6, 6.07) is 13.5. The summed E-state index contributed by atoms with van der Waals surface area (Å²) in [6.45, 7) is 6.81. The maximum Gasteiger partial charge on any atom is 0.320 e. The van der Waals surface area contributed by atoms with Crippen molar-refractivity contribution in [1.82, 2.24) is 15.1 Å². The van der Waals surface area contributed by atoms with Gasteiger partial charge in [-0.25, -0.2) is 9.48 Å². The first kappa shape index (κ1) is 17.2. The molecule has 0 saturated carbocycles. The Balaban J connectivity index is 1.81. The number of urea groups is 1. The predicted octanol–water partition coefficient (Wildman–Crippen LogP) is 4.55. The van der Waals surface area contributed by atoms with Gasteiger partial charge in [0.05, 0.1) is 11.4 Å². The van der Waals surface area contributed by atoms with Crippen LogP contribution in [0.25, 0.3) is 5.69 Å². The van der Waals surface area contributed by atoms with Gasteiger partial charge < -0.3 is 5.32 Å². The summed E-state index contributed by atoms with van der Waals surface area (Å²) in [6.07, 6.45) is 0. The number of nitrogens with one attached hydrogen (secondary N) is 2. The van der Waals surface area contributed by atoms with Crippen molar-refractivity contribution >= 4 is 23.2 Å². The molecule has 1 aromatic carbocycles. The highest BCUT2D eigenvalue weighted by atomic mass is 32.1. The van der Waals surface area contributed by atoms with E-state index in [-0.39, 0.29) is 11.4 Å². The van der Waals surface area contributed by atoms with Crippen molar-refractivity contribution in [1.29, 1.82) is 0 Å². The average Bonchev–Trinajstić information content (AvgIpc) is 3.23. The van der Waals surface area contributed by atoms with E-state index in [1.165, 1.54) is 0 Å². The zero-order valence-corrected chi connectivity index (χ0v) is 15.4. The van der Waals surface area contributed by atoms with Crippen LogP contribution >= 0.6 is 11.3 Å². The van der Waals surface area contributed by atoms with E-state index in [9.17, 15) is 4.79 Å². The molecule has 0 spiro atoms. The number of thiophene rings is 1. The number of carbonyl (C=O) groups is 1. The van der Waals surface area contributed by atoms with E-state index in [0.717, 1.165) is 16.9 Å². The topological polar surface area (TPSA) is 59.0 Å². The number of para-hydroxylation sites is 1. The number of hydrogen-bond acceptors (Lipinski definition) is 3. The van der Waals surface area contributed by atoms with Gasteiger partial charge in [-0.15, -0.1) is 0 Å². The molecule has 130 valence electrons. The van der Waals surface area contributed by atoms with Crippen LogP contribution in [-0.2, 0) is 12.0 Å². The second-order valence-corrected chi connectivity index (χ2v) is 7.63. The predicted molar refractivity (Wildman–Crippen MR) is 102 cm³/mol. The van der Waals surface area contributed by atoms with Crippen LogP contribution in [0.15, 0.2) is 53.2 Å². The summed E-state index contributed by atoms with van der Waals surface area (Å²) in [7, 11) is 0. The highest BCUT2D eigenvalue weighted by Gasteiger charge is 2.21. The number of rotatable bonds is 4. The maximum atomic E-state index is 12.3. The summed E-state index contributed by atoms with van der Waals surface area (Å²) in [5.74, 6) is 0.652. The van der Waals surface area contributed by atoms with Gasteiger partial charge in [-0.05, 0) is 34.5 Å². The van der Waals surface area contributed by atoms with Gasteiger partial charge in [0.2, 0.25) is 0 Å². The van der Waals surface area contributed by atoms with E-state index in [0.29, 0.717) is 12.4 Å². The maximum absolute atomic E-state index is 12.3. The van der Waals surface area contributed by atoms with Crippen LogP contribution in [-0.4, -0.2) is 15.8 Å². The fraction of sp³-hybridized carbons (Fsp3) is 0.263. The first-order chi connectivity index (χ1) is 11.9. The average molecular weight is 354 g/mol. The Hall–Kier alpha value is -2.60. The number of nitrogens with zero attached hydrogens (tertiary/aromatic N) is 2. The van der Waals surface area contributed by atoms with Gasteiger partial charge in [0.25, 0.3) is 0 Å². The van der Waals surface area contributed by atoms with E-state index in [1.807, 2.05) is 53.2 Å². The zero-order chi connectivity index (χ0) is 17.9. The Kier molecular flexibility index (Phi) is 4.90. The Morgan fingerprint density at radius 3 is 2.60 bits per heavy atom. The van der Waals surface area contributed by atoms with Crippen LogP contribution in [0, 0.1) is 0 Å². The number of anilines is 1. The van der Waals surface area contributed by atoms with Crippen molar-refractivity contribution in [2.45, 2.75) is 32.7 Å². The summed E-state index contributed by atoms with van der Waals surface area (Å²) >= 11 is 1.62. The fourth-order valence-corrected chi connectivity index (χ4v) is 3.01. The smallest absolute Gasteiger partial charge is 0.320 e. The lowest BCUT2D eigenvalue weighted by atomic mass is 9.92. The van der Waals surface area contributed by atoms with Crippen molar-refractivity contribution in [3.63, 3.8) is 0 Å². The minimum Gasteiger partial charge on any atom is -0.334 e. The van der Waals surface area contributed by atoms with E-state index in [4.69, 9.17) is 5.10 Å². The second kappa shape index (κ2) is 7.11. The largest absolute Gasteiger partial charge is 0.334 e. The van der Waals surface area contributed by atoms with Crippen molar-refractivity contribution in [3.8, 4) is 5.69 Å². The molecule has 3 aromatic rings. The van der Waals surface area contributed by atoms with Gasteiger partial charge in [0.15, 0.2) is 0 Å². The lowest BCUT2D eigenvalue weighted by Crippen LogP contribution is -2.29. The van der Waals surface area contributed by atoms with Gasteiger partial charge in [-0.2, -0.15) is 16.4 Å². The van der Waals surface area contributed by atoms with E-state index in [1.54, 1.807) is 16.0 Å². The van der Waals surface area contributed by atoms with Crippen molar-refractivity contribution in [3.05, 3.63) is 64.5 Å². The lowest BCUT2D eigenvalue weighted by molar-refractivity contribution is 0.251. The van der Waals surface area contributed by atoms with Crippen LogP contribution in [0.1, 0.15) is 32.0 Å².